The zero-order chi connectivity index (χ0) is 13.4. The van der Waals surface area contributed by atoms with Gasteiger partial charge in [-0.05, 0) is 24.4 Å². The van der Waals surface area contributed by atoms with Gasteiger partial charge in [-0.25, -0.2) is 0 Å². The van der Waals surface area contributed by atoms with Gasteiger partial charge in [-0.15, -0.1) is 0 Å². The second-order valence-electron chi connectivity index (χ2n) is 3.31. The number of carbonyl (C=O) groups excluding carboxylic acids is 1. The smallest absolute Gasteiger partial charge is 0.395 e. The largest absolute Gasteiger partial charge is 0.433 e. The summed E-state index contributed by atoms with van der Waals surface area (Å²) in [7, 11) is 0. The van der Waals surface area contributed by atoms with Gasteiger partial charge < -0.3 is 9.73 Å². The highest BCUT2D eigenvalue weighted by molar-refractivity contribution is 5.91. The predicted octanol–water partition coefficient (Wildman–Crippen LogP) is 2.01. The van der Waals surface area contributed by atoms with Crippen LogP contribution in [0.5, 0.6) is 0 Å². The van der Waals surface area contributed by atoms with Crippen LogP contribution < -0.4 is 5.32 Å². The molecule has 0 aliphatic carbocycles. The lowest BCUT2D eigenvalue weighted by Gasteiger charge is -2.00. The third-order valence-corrected chi connectivity index (χ3v) is 2.03. The van der Waals surface area contributed by atoms with Crippen LogP contribution in [0, 0.1) is 10.1 Å². The van der Waals surface area contributed by atoms with Gasteiger partial charge in [0, 0.05) is 18.0 Å². The lowest BCUT2D eigenvalue weighted by molar-refractivity contribution is -0.402. The molecule has 1 N–H and O–H groups in total. The summed E-state index contributed by atoms with van der Waals surface area (Å²) in [6.07, 6.45) is 1.30. The van der Waals surface area contributed by atoms with E-state index in [4.69, 9.17) is 9.95 Å². The Bertz CT molecular complexity index is 477. The minimum Gasteiger partial charge on any atom is -0.395 e. The monoisotopic (exact) mass is 253 g/mol. The molecule has 0 aliphatic heterocycles. The number of amides is 1. The minimum atomic E-state index is -0.712. The van der Waals surface area contributed by atoms with Crippen LogP contribution in [0.4, 0.5) is 5.88 Å². The van der Waals surface area contributed by atoms with Crippen molar-refractivity contribution >= 4 is 11.8 Å². The fourth-order valence-electron chi connectivity index (χ4n) is 1.19. The number of nitrogens with one attached hydrogen (secondary N) is 1. The zero-order valence-corrected chi connectivity index (χ0v) is 9.40. The molecule has 0 spiro atoms. The molecule has 1 rings (SSSR count). The molecular weight excluding hydrogens is 242 g/mol. The van der Waals surface area contributed by atoms with E-state index in [9.17, 15) is 14.9 Å². The van der Waals surface area contributed by atoms with Crippen molar-refractivity contribution in [2.24, 2.45) is 5.11 Å². The van der Waals surface area contributed by atoms with Gasteiger partial charge in [-0.1, -0.05) is 5.11 Å². The van der Waals surface area contributed by atoms with E-state index in [1.165, 1.54) is 6.07 Å². The molecule has 0 atom stereocenters. The van der Waals surface area contributed by atoms with Gasteiger partial charge in [-0.2, -0.15) is 0 Å². The number of rotatable bonds is 7. The molecule has 0 bridgehead atoms. The molecule has 0 saturated heterocycles. The van der Waals surface area contributed by atoms with E-state index >= 15 is 0 Å². The Labute approximate surface area is 102 Å². The van der Waals surface area contributed by atoms with Gasteiger partial charge in [0.05, 0.1) is 6.07 Å². The number of carbonyl (C=O) groups is 1. The van der Waals surface area contributed by atoms with E-state index in [1.54, 1.807) is 0 Å². The standard InChI is InChI=1S/C9H11N5O4/c10-13-12-6-2-1-5-11-9(15)7-3-4-8(18-7)14(16)17/h3-4H,1-2,5-6H2,(H,11,15). The van der Waals surface area contributed by atoms with E-state index in [-0.39, 0.29) is 5.76 Å². The Morgan fingerprint density at radius 3 is 2.94 bits per heavy atom. The molecule has 96 valence electrons. The number of nitro groups is 1. The van der Waals surface area contributed by atoms with Crippen molar-refractivity contribution in [2.75, 3.05) is 13.1 Å². The van der Waals surface area contributed by atoms with Crippen LogP contribution in [0.15, 0.2) is 21.7 Å². The molecule has 0 fully saturated rings. The van der Waals surface area contributed by atoms with E-state index in [2.05, 4.69) is 15.3 Å². The summed E-state index contributed by atoms with van der Waals surface area (Å²) >= 11 is 0. The Balaban J connectivity index is 2.31. The first-order chi connectivity index (χ1) is 8.65. The molecule has 0 unspecified atom stereocenters. The van der Waals surface area contributed by atoms with Crippen molar-refractivity contribution in [3.05, 3.63) is 38.5 Å². The second kappa shape index (κ2) is 6.92. The van der Waals surface area contributed by atoms with Crippen LogP contribution in [0.1, 0.15) is 23.4 Å². The molecule has 1 aromatic rings. The van der Waals surface area contributed by atoms with Crippen molar-refractivity contribution in [1.29, 1.82) is 0 Å². The molecule has 9 nitrogen and oxygen atoms in total. The fourth-order valence-corrected chi connectivity index (χ4v) is 1.19. The van der Waals surface area contributed by atoms with Crippen molar-refractivity contribution in [2.45, 2.75) is 12.8 Å². The van der Waals surface area contributed by atoms with Crippen molar-refractivity contribution in [3.8, 4) is 0 Å². The van der Waals surface area contributed by atoms with Gasteiger partial charge >= 0.3 is 5.88 Å². The van der Waals surface area contributed by atoms with Crippen molar-refractivity contribution < 1.29 is 14.1 Å². The molecule has 0 saturated carbocycles. The summed E-state index contributed by atoms with van der Waals surface area (Å²) in [5, 5.41) is 16.2. The van der Waals surface area contributed by atoms with Crippen LogP contribution in [0.3, 0.4) is 0 Å². The molecule has 1 amide bonds. The number of hydrogen-bond donors (Lipinski definition) is 1. The summed E-state index contributed by atoms with van der Waals surface area (Å²) in [4.78, 5) is 23.7. The lowest BCUT2D eigenvalue weighted by atomic mass is 10.3. The van der Waals surface area contributed by atoms with Gasteiger partial charge in [0.15, 0.2) is 5.76 Å². The highest BCUT2D eigenvalue weighted by Crippen LogP contribution is 2.15. The Morgan fingerprint density at radius 1 is 1.56 bits per heavy atom. The third-order valence-electron chi connectivity index (χ3n) is 2.03. The Kier molecular flexibility index (Phi) is 5.20. The third kappa shape index (κ3) is 4.14. The number of azide groups is 1. The second-order valence-corrected chi connectivity index (χ2v) is 3.31. The van der Waals surface area contributed by atoms with Gasteiger partial charge in [-0.3, -0.25) is 14.9 Å². The maximum absolute atomic E-state index is 11.5. The molecule has 0 radical (unpaired) electrons. The molecule has 0 aromatic carbocycles. The maximum atomic E-state index is 11.5. The molecule has 1 aromatic heterocycles. The molecule has 9 heteroatoms. The van der Waals surface area contributed by atoms with Crippen molar-refractivity contribution in [3.63, 3.8) is 0 Å². The molecule has 18 heavy (non-hydrogen) atoms. The van der Waals surface area contributed by atoms with Crippen LogP contribution in [-0.2, 0) is 0 Å². The first-order valence-corrected chi connectivity index (χ1v) is 5.18. The van der Waals surface area contributed by atoms with Gasteiger partial charge in [0.2, 0.25) is 0 Å². The van der Waals surface area contributed by atoms with Crippen LogP contribution in [0.2, 0.25) is 0 Å². The first-order valence-electron chi connectivity index (χ1n) is 5.18. The summed E-state index contributed by atoms with van der Waals surface area (Å²) < 4.78 is 4.72. The maximum Gasteiger partial charge on any atom is 0.433 e. The summed E-state index contributed by atoms with van der Waals surface area (Å²) in [6, 6.07) is 2.37. The average molecular weight is 253 g/mol. The average Bonchev–Trinajstić information content (AvgIpc) is 2.83. The van der Waals surface area contributed by atoms with Crippen LogP contribution in [-0.4, -0.2) is 23.9 Å². The quantitative estimate of drug-likeness (QED) is 0.198. The van der Waals surface area contributed by atoms with E-state index in [1.807, 2.05) is 0 Å². The molecule has 1 heterocycles. The predicted molar refractivity (Wildman–Crippen MR) is 60.9 cm³/mol. The Morgan fingerprint density at radius 2 is 2.33 bits per heavy atom. The number of nitrogens with zero attached hydrogens (tertiary/aromatic N) is 4. The number of hydrogen-bond acceptors (Lipinski definition) is 5. The fraction of sp³-hybridized carbons (Fsp3) is 0.444. The number of furan rings is 1. The molecular formula is C9H11N5O4. The topological polar surface area (TPSA) is 134 Å². The van der Waals surface area contributed by atoms with Crippen molar-refractivity contribution in [1.82, 2.24) is 5.32 Å². The first kappa shape index (κ1) is 13.5. The van der Waals surface area contributed by atoms with Crippen LogP contribution in [0.25, 0.3) is 10.4 Å². The highest BCUT2D eigenvalue weighted by atomic mass is 16.6. The van der Waals surface area contributed by atoms with Crippen LogP contribution >= 0.6 is 0 Å². The normalized spacial score (nSPS) is 9.56. The number of unbranched alkanes of at least 4 members (excludes halogenated alkanes) is 1. The summed E-state index contributed by atoms with van der Waals surface area (Å²) in [5.74, 6) is -1.08. The van der Waals surface area contributed by atoms with Gasteiger partial charge in [0.25, 0.3) is 5.91 Å². The molecule has 0 aliphatic rings. The lowest BCUT2D eigenvalue weighted by Crippen LogP contribution is -2.24. The SMILES string of the molecule is [N-]=[N+]=NCCCCNC(=O)c1ccc([N+](=O)[O-])o1. The summed E-state index contributed by atoms with van der Waals surface area (Å²) in [6.45, 7) is 0.757. The minimum absolute atomic E-state index is 0.100. The van der Waals surface area contributed by atoms with E-state index in [0.717, 1.165) is 6.07 Å². The zero-order valence-electron chi connectivity index (χ0n) is 9.40. The van der Waals surface area contributed by atoms with E-state index < -0.39 is 16.7 Å². The highest BCUT2D eigenvalue weighted by Gasteiger charge is 2.16. The van der Waals surface area contributed by atoms with Gasteiger partial charge in [0.1, 0.15) is 4.92 Å². The van der Waals surface area contributed by atoms with E-state index in [0.29, 0.717) is 25.9 Å². The summed E-state index contributed by atoms with van der Waals surface area (Å²) in [5.41, 5.74) is 8.03. The Hall–Kier alpha value is -2.54.